The number of aromatic nitrogens is 1. The van der Waals surface area contributed by atoms with E-state index >= 15 is 4.79 Å². The molecule has 1 spiro atoms. The van der Waals surface area contributed by atoms with Crippen molar-refractivity contribution in [2.45, 2.75) is 12.1 Å². The van der Waals surface area contributed by atoms with E-state index < -0.39 is 28.6 Å². The number of rotatable bonds is 4. The molecule has 1 atom stereocenters. The zero-order chi connectivity index (χ0) is 30.3. The highest BCUT2D eigenvalue weighted by Crippen LogP contribution is 2.55. The maximum atomic E-state index is 15.0. The number of thiazole rings is 1. The molecule has 2 aliphatic heterocycles. The number of hydrogen-bond acceptors (Lipinski definition) is 7. The Hall–Kier alpha value is -5.06. The molecule has 1 unspecified atom stereocenters. The average Bonchev–Trinajstić information content (AvgIpc) is 3.64. The van der Waals surface area contributed by atoms with Gasteiger partial charge in [0.2, 0.25) is 5.76 Å². The minimum absolute atomic E-state index is 0.122. The molecule has 2 aromatic heterocycles. The molecule has 0 N–H and O–H groups in total. The third-order valence-electron chi connectivity index (χ3n) is 8.15. The number of amides is 2. The van der Waals surface area contributed by atoms with E-state index in [0.29, 0.717) is 32.2 Å². The lowest BCUT2D eigenvalue weighted by molar-refractivity contribution is -0.121. The standard InChI is InChI=1S/C33H19ClFN3O5S/c1-42-19-11-12-23-26(15-19)44-32(36-23)38-30(40)29-27(28(39)20-14-18(34)10-13-25(20)43-29)33(38)21-7-3-5-9-24(21)37(31(33)41)16-17-6-2-4-8-22(17)35/h2-15H,16H2,1H3. The van der Waals surface area contributed by atoms with Gasteiger partial charge in [-0.15, -0.1) is 0 Å². The molecule has 6 aromatic rings. The van der Waals surface area contributed by atoms with Gasteiger partial charge in [0.05, 0.1) is 40.5 Å². The fourth-order valence-electron chi connectivity index (χ4n) is 6.20. The fraction of sp³-hybridized carbons (Fsp3) is 0.0909. The number of carbonyl (C=O) groups is 2. The van der Waals surface area contributed by atoms with Gasteiger partial charge in [-0.3, -0.25) is 19.3 Å². The summed E-state index contributed by atoms with van der Waals surface area (Å²) in [5, 5.41) is 0.596. The van der Waals surface area contributed by atoms with Crippen LogP contribution in [0.4, 0.5) is 15.2 Å². The first-order valence-corrected chi connectivity index (χ1v) is 14.7. The van der Waals surface area contributed by atoms with Crippen molar-refractivity contribution in [2.24, 2.45) is 0 Å². The van der Waals surface area contributed by atoms with Crippen molar-refractivity contribution in [1.29, 1.82) is 0 Å². The number of anilines is 2. The molecule has 11 heteroatoms. The van der Waals surface area contributed by atoms with Gasteiger partial charge < -0.3 is 14.1 Å². The van der Waals surface area contributed by atoms with Crippen LogP contribution in [0, 0.1) is 5.82 Å². The molecule has 2 amide bonds. The van der Waals surface area contributed by atoms with Crippen molar-refractivity contribution in [2.75, 3.05) is 16.9 Å². The number of benzene rings is 4. The molecule has 0 bridgehead atoms. The summed E-state index contributed by atoms with van der Waals surface area (Å²) < 4.78 is 27.1. The molecule has 0 fully saturated rings. The minimum atomic E-state index is -1.98. The molecular formula is C33H19ClFN3O5S. The summed E-state index contributed by atoms with van der Waals surface area (Å²) in [5.41, 5.74) is -0.890. The maximum absolute atomic E-state index is 15.0. The van der Waals surface area contributed by atoms with Crippen molar-refractivity contribution in [3.63, 3.8) is 0 Å². The molecular weight excluding hydrogens is 605 g/mol. The van der Waals surface area contributed by atoms with Gasteiger partial charge >= 0.3 is 0 Å². The Morgan fingerprint density at radius 3 is 2.61 bits per heavy atom. The minimum Gasteiger partial charge on any atom is -0.497 e. The summed E-state index contributed by atoms with van der Waals surface area (Å²) in [6.07, 6.45) is 0. The Labute approximate surface area is 257 Å². The third kappa shape index (κ3) is 3.49. The van der Waals surface area contributed by atoms with Crippen LogP contribution in [0.15, 0.2) is 94.1 Å². The zero-order valence-corrected chi connectivity index (χ0v) is 24.4. The van der Waals surface area contributed by atoms with E-state index in [4.69, 9.17) is 25.7 Å². The Morgan fingerprint density at radius 2 is 1.80 bits per heavy atom. The fourth-order valence-corrected chi connectivity index (χ4v) is 7.42. The number of fused-ring (bicyclic) bond motifs is 6. The average molecular weight is 624 g/mol. The molecule has 0 saturated heterocycles. The van der Waals surface area contributed by atoms with E-state index in [-0.39, 0.29) is 39.5 Å². The molecule has 8 nitrogen and oxygen atoms in total. The normalized spacial score (nSPS) is 17.2. The van der Waals surface area contributed by atoms with Crippen molar-refractivity contribution in [3.8, 4) is 5.75 Å². The number of nitrogens with zero attached hydrogens (tertiary/aromatic N) is 3. The highest BCUT2D eigenvalue weighted by atomic mass is 35.5. The molecule has 216 valence electrons. The molecule has 0 radical (unpaired) electrons. The van der Waals surface area contributed by atoms with Gasteiger partial charge in [-0.05, 0) is 48.5 Å². The summed E-state index contributed by atoms with van der Waals surface area (Å²) in [5.74, 6) is -1.47. The second-order valence-corrected chi connectivity index (χ2v) is 11.9. The summed E-state index contributed by atoms with van der Waals surface area (Å²) >= 11 is 7.44. The van der Waals surface area contributed by atoms with Gasteiger partial charge in [-0.25, -0.2) is 9.37 Å². The molecule has 4 heterocycles. The van der Waals surface area contributed by atoms with Gasteiger partial charge in [0.1, 0.15) is 17.1 Å². The van der Waals surface area contributed by atoms with Crippen LogP contribution >= 0.6 is 22.9 Å². The quantitative estimate of drug-likeness (QED) is 0.218. The monoisotopic (exact) mass is 623 g/mol. The van der Waals surface area contributed by atoms with Crippen LogP contribution in [0.2, 0.25) is 5.02 Å². The summed E-state index contributed by atoms with van der Waals surface area (Å²) in [6, 6.07) is 22.8. The summed E-state index contributed by atoms with van der Waals surface area (Å²) in [4.78, 5) is 51.3. The Bertz CT molecular complexity index is 2280. The number of hydrogen-bond donors (Lipinski definition) is 0. The van der Waals surface area contributed by atoms with Crippen LogP contribution < -0.4 is 20.0 Å². The van der Waals surface area contributed by atoms with E-state index in [2.05, 4.69) is 0 Å². The van der Waals surface area contributed by atoms with Crippen molar-refractivity contribution in [3.05, 3.63) is 128 Å². The van der Waals surface area contributed by atoms with Crippen LogP contribution in [0.5, 0.6) is 5.75 Å². The molecule has 4 aromatic carbocycles. The number of halogens is 2. The second kappa shape index (κ2) is 9.47. The molecule has 8 rings (SSSR count). The van der Waals surface area contributed by atoms with Crippen LogP contribution in [-0.2, 0) is 16.9 Å². The first kappa shape index (κ1) is 26.6. The SMILES string of the molecule is COc1ccc2nc(N3C(=O)c4oc5ccc(Cl)cc5c(=O)c4C34C(=O)N(Cc3ccccc3F)c3ccccc34)sc2c1. The molecule has 0 aliphatic carbocycles. The number of ether oxygens (including phenoxy) is 1. The van der Waals surface area contributed by atoms with Gasteiger partial charge in [-0.1, -0.05) is 59.3 Å². The van der Waals surface area contributed by atoms with E-state index in [1.165, 1.54) is 39.3 Å². The van der Waals surface area contributed by atoms with E-state index in [9.17, 15) is 14.0 Å². The Balaban J connectivity index is 1.45. The van der Waals surface area contributed by atoms with Crippen molar-refractivity contribution >= 4 is 66.8 Å². The lowest BCUT2D eigenvalue weighted by Gasteiger charge is -2.32. The lowest BCUT2D eigenvalue weighted by Crippen LogP contribution is -2.53. The smallest absolute Gasteiger partial charge is 0.297 e. The van der Waals surface area contributed by atoms with Crippen LogP contribution in [-0.4, -0.2) is 23.9 Å². The van der Waals surface area contributed by atoms with E-state index in [1.54, 1.807) is 73.8 Å². The highest BCUT2D eigenvalue weighted by Gasteiger charge is 2.66. The molecule has 2 aliphatic rings. The van der Waals surface area contributed by atoms with Crippen molar-refractivity contribution in [1.82, 2.24) is 4.98 Å². The predicted octanol–water partition coefficient (Wildman–Crippen LogP) is 6.65. The van der Waals surface area contributed by atoms with Gasteiger partial charge in [-0.2, -0.15) is 0 Å². The van der Waals surface area contributed by atoms with Crippen molar-refractivity contribution < 1.29 is 23.1 Å². The number of carbonyl (C=O) groups excluding carboxylic acids is 2. The summed E-state index contributed by atoms with van der Waals surface area (Å²) in [6.45, 7) is -0.135. The largest absolute Gasteiger partial charge is 0.497 e. The highest BCUT2D eigenvalue weighted by molar-refractivity contribution is 7.22. The number of para-hydroxylation sites is 1. The zero-order valence-electron chi connectivity index (χ0n) is 22.8. The van der Waals surface area contributed by atoms with Gasteiger partial charge in [0.15, 0.2) is 16.1 Å². The second-order valence-electron chi connectivity index (χ2n) is 10.5. The van der Waals surface area contributed by atoms with E-state index in [0.717, 1.165) is 0 Å². The predicted molar refractivity (Wildman–Crippen MR) is 165 cm³/mol. The Kier molecular flexibility index (Phi) is 5.72. The first-order chi connectivity index (χ1) is 21.3. The van der Waals surface area contributed by atoms with Gasteiger partial charge in [0, 0.05) is 16.1 Å². The van der Waals surface area contributed by atoms with E-state index in [1.807, 2.05) is 0 Å². The molecule has 44 heavy (non-hydrogen) atoms. The lowest BCUT2D eigenvalue weighted by atomic mass is 9.84. The van der Waals surface area contributed by atoms with Crippen LogP contribution in [0.1, 0.15) is 27.2 Å². The van der Waals surface area contributed by atoms with Crippen LogP contribution in [0.3, 0.4) is 0 Å². The topological polar surface area (TPSA) is 93.0 Å². The summed E-state index contributed by atoms with van der Waals surface area (Å²) in [7, 11) is 1.55. The first-order valence-electron chi connectivity index (χ1n) is 13.5. The molecule has 0 saturated carbocycles. The third-order valence-corrected chi connectivity index (χ3v) is 9.39. The van der Waals surface area contributed by atoms with Gasteiger partial charge in [0.25, 0.3) is 11.8 Å². The van der Waals surface area contributed by atoms with Crippen LogP contribution in [0.25, 0.3) is 21.2 Å². The maximum Gasteiger partial charge on any atom is 0.297 e. The number of methoxy groups -OCH3 is 1. The Morgan fingerprint density at radius 1 is 1.00 bits per heavy atom.